The third-order valence-electron chi connectivity index (χ3n) is 3.31. The quantitative estimate of drug-likeness (QED) is 0.356. The molecule has 2 aromatic heterocycles. The molecule has 3 rings (SSSR count). The highest BCUT2D eigenvalue weighted by Gasteiger charge is 2.09. The summed E-state index contributed by atoms with van der Waals surface area (Å²) in [7, 11) is 0. The molecule has 1 aromatic carbocycles. The summed E-state index contributed by atoms with van der Waals surface area (Å²) in [6, 6.07) is 12.6. The molecule has 0 spiro atoms. The van der Waals surface area contributed by atoms with E-state index in [2.05, 4.69) is 31.9 Å². The largest absolute Gasteiger partial charge is 0.334 e. The normalized spacial score (nSPS) is 10.2. The standard InChI is InChI=1S/C17H13ClN6OS2/c18-14-6-5-13(8-20-14)9-21-15(25)22-16-23-24-17(27-16)26-10-12-3-1-11(7-19)2-4-12/h1-6,8H,9-10H2,(H2,21,22,23,25). The number of pyridine rings is 1. The second-order valence-electron chi connectivity index (χ2n) is 5.27. The monoisotopic (exact) mass is 416 g/mol. The van der Waals surface area contributed by atoms with Crippen LogP contribution in [0.2, 0.25) is 5.15 Å². The van der Waals surface area contributed by atoms with Crippen LogP contribution >= 0.6 is 34.7 Å². The number of halogens is 1. The molecule has 136 valence electrons. The summed E-state index contributed by atoms with van der Waals surface area (Å²) in [5.74, 6) is 0.704. The number of benzene rings is 1. The van der Waals surface area contributed by atoms with Gasteiger partial charge in [0.1, 0.15) is 5.15 Å². The van der Waals surface area contributed by atoms with Crippen LogP contribution in [0.4, 0.5) is 9.93 Å². The summed E-state index contributed by atoms with van der Waals surface area (Å²) < 4.78 is 0.747. The lowest BCUT2D eigenvalue weighted by Crippen LogP contribution is -2.28. The first kappa shape index (κ1) is 19.1. The Hall–Kier alpha value is -2.67. The smallest absolute Gasteiger partial charge is 0.321 e. The Morgan fingerprint density at radius 2 is 1.96 bits per heavy atom. The van der Waals surface area contributed by atoms with Crippen molar-refractivity contribution in [3.05, 3.63) is 64.4 Å². The third kappa shape index (κ3) is 5.92. The number of nitrogens with one attached hydrogen (secondary N) is 2. The Labute approximate surface area is 168 Å². The average Bonchev–Trinajstić information content (AvgIpc) is 3.13. The van der Waals surface area contributed by atoms with Gasteiger partial charge in [-0.2, -0.15) is 5.26 Å². The van der Waals surface area contributed by atoms with Gasteiger partial charge in [0.25, 0.3) is 0 Å². The fraction of sp³-hybridized carbons (Fsp3) is 0.118. The minimum Gasteiger partial charge on any atom is -0.334 e. The minimum absolute atomic E-state index is 0.328. The van der Waals surface area contributed by atoms with E-state index in [0.717, 1.165) is 15.5 Å². The van der Waals surface area contributed by atoms with E-state index in [1.54, 1.807) is 30.5 Å². The molecular formula is C17H13ClN6OS2. The number of rotatable bonds is 6. The van der Waals surface area contributed by atoms with Gasteiger partial charge in [-0.25, -0.2) is 9.78 Å². The first-order valence-electron chi connectivity index (χ1n) is 7.73. The molecule has 0 unspecified atom stereocenters. The first-order valence-corrected chi connectivity index (χ1v) is 9.91. The number of aromatic nitrogens is 3. The zero-order valence-corrected chi connectivity index (χ0v) is 16.2. The highest BCUT2D eigenvalue weighted by atomic mass is 35.5. The fourth-order valence-electron chi connectivity index (χ4n) is 1.97. The predicted molar refractivity (Wildman–Crippen MR) is 106 cm³/mol. The van der Waals surface area contributed by atoms with Gasteiger partial charge >= 0.3 is 6.03 Å². The molecule has 0 aliphatic rings. The van der Waals surface area contributed by atoms with Gasteiger partial charge in [-0.3, -0.25) is 5.32 Å². The Bertz CT molecular complexity index is 953. The number of urea groups is 1. The molecule has 7 nitrogen and oxygen atoms in total. The maximum atomic E-state index is 11.9. The first-order chi connectivity index (χ1) is 13.1. The number of nitriles is 1. The average molecular weight is 417 g/mol. The molecule has 0 saturated carbocycles. The molecule has 2 amide bonds. The van der Waals surface area contributed by atoms with Crippen molar-refractivity contribution < 1.29 is 4.79 Å². The van der Waals surface area contributed by atoms with Crippen molar-refractivity contribution in [2.75, 3.05) is 5.32 Å². The summed E-state index contributed by atoms with van der Waals surface area (Å²) in [4.78, 5) is 15.9. The topological polar surface area (TPSA) is 104 Å². The molecule has 0 radical (unpaired) electrons. The lowest BCUT2D eigenvalue weighted by Gasteiger charge is -2.04. The third-order valence-corrected chi connectivity index (χ3v) is 5.58. The molecule has 27 heavy (non-hydrogen) atoms. The van der Waals surface area contributed by atoms with Crippen LogP contribution in [0.3, 0.4) is 0 Å². The number of thioether (sulfide) groups is 1. The molecule has 0 aliphatic heterocycles. The molecule has 0 bridgehead atoms. The van der Waals surface area contributed by atoms with Crippen LogP contribution in [0.15, 0.2) is 46.9 Å². The number of amides is 2. The van der Waals surface area contributed by atoms with Crippen molar-refractivity contribution in [3.63, 3.8) is 0 Å². The second kappa shape index (κ2) is 9.32. The second-order valence-corrected chi connectivity index (χ2v) is 7.85. The van der Waals surface area contributed by atoms with Gasteiger partial charge in [0, 0.05) is 18.5 Å². The fourth-order valence-corrected chi connectivity index (χ4v) is 3.79. The summed E-state index contributed by atoms with van der Waals surface area (Å²) in [6.07, 6.45) is 1.60. The maximum absolute atomic E-state index is 11.9. The lowest BCUT2D eigenvalue weighted by molar-refractivity contribution is 0.251. The zero-order valence-electron chi connectivity index (χ0n) is 13.8. The number of nitrogens with zero attached hydrogens (tertiary/aromatic N) is 4. The van der Waals surface area contributed by atoms with Crippen LogP contribution in [-0.2, 0) is 12.3 Å². The van der Waals surface area contributed by atoms with Crippen molar-refractivity contribution in [2.24, 2.45) is 0 Å². The molecule has 10 heteroatoms. The van der Waals surface area contributed by atoms with Crippen molar-refractivity contribution in [2.45, 2.75) is 16.6 Å². The molecule has 0 aliphatic carbocycles. The van der Waals surface area contributed by atoms with Gasteiger partial charge < -0.3 is 5.32 Å². The number of carbonyl (C=O) groups is 1. The number of hydrogen-bond donors (Lipinski definition) is 2. The molecule has 2 heterocycles. The van der Waals surface area contributed by atoms with Gasteiger partial charge in [0.2, 0.25) is 5.13 Å². The molecule has 0 saturated heterocycles. The summed E-state index contributed by atoms with van der Waals surface area (Å²) in [6.45, 7) is 0.328. The summed E-state index contributed by atoms with van der Waals surface area (Å²) >= 11 is 8.54. The summed E-state index contributed by atoms with van der Waals surface area (Å²) in [5, 5.41) is 23.0. The van der Waals surface area contributed by atoms with Gasteiger partial charge in [-0.15, -0.1) is 10.2 Å². The summed E-state index contributed by atoms with van der Waals surface area (Å²) in [5.41, 5.74) is 2.55. The van der Waals surface area contributed by atoms with E-state index in [9.17, 15) is 4.79 Å². The van der Waals surface area contributed by atoms with Crippen LogP contribution in [0.25, 0.3) is 0 Å². The number of hydrogen-bond acceptors (Lipinski definition) is 7. The van der Waals surface area contributed by atoms with E-state index < -0.39 is 0 Å². The van der Waals surface area contributed by atoms with Crippen LogP contribution in [0.5, 0.6) is 0 Å². The van der Waals surface area contributed by atoms with Gasteiger partial charge in [0.05, 0.1) is 11.6 Å². The van der Waals surface area contributed by atoms with Crippen molar-refractivity contribution in [1.82, 2.24) is 20.5 Å². The van der Waals surface area contributed by atoms with Gasteiger partial charge in [0.15, 0.2) is 4.34 Å². The van der Waals surface area contributed by atoms with E-state index in [-0.39, 0.29) is 6.03 Å². The molecule has 0 atom stereocenters. The van der Waals surface area contributed by atoms with Crippen LogP contribution in [0, 0.1) is 11.3 Å². The van der Waals surface area contributed by atoms with E-state index in [1.807, 2.05) is 12.1 Å². The van der Waals surface area contributed by atoms with Crippen LogP contribution < -0.4 is 10.6 Å². The van der Waals surface area contributed by atoms with Gasteiger partial charge in [-0.1, -0.05) is 52.9 Å². The maximum Gasteiger partial charge on any atom is 0.321 e. The van der Waals surface area contributed by atoms with E-state index in [4.69, 9.17) is 16.9 Å². The van der Waals surface area contributed by atoms with Crippen molar-refractivity contribution in [3.8, 4) is 6.07 Å². The molecule has 2 N–H and O–H groups in total. The van der Waals surface area contributed by atoms with Gasteiger partial charge in [-0.05, 0) is 29.3 Å². The SMILES string of the molecule is N#Cc1ccc(CSc2nnc(NC(=O)NCc3ccc(Cl)nc3)s2)cc1. The zero-order chi connectivity index (χ0) is 19.1. The van der Waals surface area contributed by atoms with E-state index in [1.165, 1.54) is 23.1 Å². The number of carbonyl (C=O) groups excluding carboxylic acids is 1. The van der Waals surface area contributed by atoms with Crippen molar-refractivity contribution in [1.29, 1.82) is 5.26 Å². The highest BCUT2D eigenvalue weighted by Crippen LogP contribution is 2.28. The molecule has 3 aromatic rings. The van der Waals surface area contributed by atoms with Crippen LogP contribution in [-0.4, -0.2) is 21.2 Å². The Kier molecular flexibility index (Phi) is 6.59. The Balaban J connectivity index is 1.46. The molecule has 0 fully saturated rings. The van der Waals surface area contributed by atoms with E-state index >= 15 is 0 Å². The Morgan fingerprint density at radius 3 is 2.67 bits per heavy atom. The number of anilines is 1. The van der Waals surface area contributed by atoms with E-state index in [0.29, 0.717) is 28.1 Å². The van der Waals surface area contributed by atoms with Crippen molar-refractivity contribution >= 4 is 45.9 Å². The Morgan fingerprint density at radius 1 is 1.19 bits per heavy atom. The van der Waals surface area contributed by atoms with Crippen LogP contribution in [0.1, 0.15) is 16.7 Å². The molecular weight excluding hydrogens is 404 g/mol. The predicted octanol–water partition coefficient (Wildman–Crippen LogP) is 4.07. The lowest BCUT2D eigenvalue weighted by atomic mass is 10.2. The minimum atomic E-state index is -0.371. The highest BCUT2D eigenvalue weighted by molar-refractivity contribution is 8.00.